The number of rotatable bonds is 7. The molecule has 2 rings (SSSR count). The number of benzene rings is 2. The van der Waals surface area contributed by atoms with Gasteiger partial charge in [0.2, 0.25) is 5.91 Å². The van der Waals surface area contributed by atoms with Crippen LogP contribution in [0.4, 0.5) is 5.69 Å². The molecule has 5 heteroatoms. The molecular formula is C20H23ClN2O2. The minimum absolute atomic E-state index is 0.00520. The van der Waals surface area contributed by atoms with Crippen molar-refractivity contribution in [1.29, 1.82) is 0 Å². The summed E-state index contributed by atoms with van der Waals surface area (Å²) in [5.41, 5.74) is 2.39. The summed E-state index contributed by atoms with van der Waals surface area (Å²) in [7, 11) is 0. The Kier molecular flexibility index (Phi) is 7.02. The first-order chi connectivity index (χ1) is 12.0. The fourth-order valence-electron chi connectivity index (χ4n) is 2.52. The largest absolute Gasteiger partial charge is 0.339 e. The molecule has 1 N–H and O–H groups in total. The molecular weight excluding hydrogens is 336 g/mol. The number of aryl methyl sites for hydroxylation is 1. The zero-order valence-corrected chi connectivity index (χ0v) is 15.3. The van der Waals surface area contributed by atoms with E-state index < -0.39 is 0 Å². The van der Waals surface area contributed by atoms with Crippen LogP contribution in [-0.4, -0.2) is 29.8 Å². The van der Waals surface area contributed by atoms with Crippen molar-refractivity contribution < 1.29 is 9.59 Å². The van der Waals surface area contributed by atoms with E-state index in [0.29, 0.717) is 42.2 Å². The van der Waals surface area contributed by atoms with E-state index in [0.717, 1.165) is 5.56 Å². The Balaban J connectivity index is 1.88. The molecule has 2 aromatic carbocycles. The van der Waals surface area contributed by atoms with Gasteiger partial charge in [-0.2, -0.15) is 0 Å². The molecule has 0 atom stereocenters. The lowest BCUT2D eigenvalue weighted by atomic mass is 10.1. The second kappa shape index (κ2) is 9.23. The molecule has 0 saturated heterocycles. The average molecular weight is 359 g/mol. The number of nitrogens with zero attached hydrogens (tertiary/aromatic N) is 1. The van der Waals surface area contributed by atoms with Crippen LogP contribution in [0.25, 0.3) is 0 Å². The van der Waals surface area contributed by atoms with Gasteiger partial charge in [0.15, 0.2) is 0 Å². The number of carbonyl (C=O) groups is 2. The first-order valence-electron chi connectivity index (χ1n) is 8.47. The van der Waals surface area contributed by atoms with Crippen molar-refractivity contribution in [2.75, 3.05) is 18.4 Å². The predicted octanol–water partition coefficient (Wildman–Crippen LogP) is 4.39. The number of nitrogens with one attached hydrogen (secondary N) is 1. The number of anilines is 1. The summed E-state index contributed by atoms with van der Waals surface area (Å²) in [6.07, 6.45) is 1.04. The third kappa shape index (κ3) is 5.61. The van der Waals surface area contributed by atoms with Crippen LogP contribution in [0.2, 0.25) is 5.02 Å². The van der Waals surface area contributed by atoms with Crippen molar-refractivity contribution in [1.82, 2.24) is 4.90 Å². The molecule has 4 nitrogen and oxygen atoms in total. The highest BCUT2D eigenvalue weighted by molar-refractivity contribution is 6.30. The van der Waals surface area contributed by atoms with Gasteiger partial charge in [-0.1, -0.05) is 23.7 Å². The van der Waals surface area contributed by atoms with Gasteiger partial charge in [0.05, 0.1) is 0 Å². The molecule has 0 saturated carbocycles. The molecule has 0 heterocycles. The monoisotopic (exact) mass is 358 g/mol. The van der Waals surface area contributed by atoms with Crippen LogP contribution in [-0.2, 0) is 11.2 Å². The maximum absolute atomic E-state index is 12.3. The summed E-state index contributed by atoms with van der Waals surface area (Å²) in [4.78, 5) is 26.1. The molecule has 0 spiro atoms. The van der Waals surface area contributed by atoms with Crippen LogP contribution in [0, 0.1) is 0 Å². The Labute approximate surface area is 153 Å². The molecule has 0 aliphatic heterocycles. The Morgan fingerprint density at radius 3 is 2.12 bits per heavy atom. The lowest BCUT2D eigenvalue weighted by molar-refractivity contribution is -0.116. The van der Waals surface area contributed by atoms with Gasteiger partial charge in [0.25, 0.3) is 5.91 Å². The van der Waals surface area contributed by atoms with E-state index >= 15 is 0 Å². The average Bonchev–Trinajstić information content (AvgIpc) is 2.63. The van der Waals surface area contributed by atoms with Crippen LogP contribution < -0.4 is 5.32 Å². The second-order valence-electron chi connectivity index (χ2n) is 5.73. The van der Waals surface area contributed by atoms with E-state index in [1.54, 1.807) is 29.2 Å². The Morgan fingerprint density at radius 1 is 0.960 bits per heavy atom. The normalized spacial score (nSPS) is 10.4. The van der Waals surface area contributed by atoms with Crippen molar-refractivity contribution >= 4 is 29.1 Å². The minimum Gasteiger partial charge on any atom is -0.339 e. The van der Waals surface area contributed by atoms with E-state index in [-0.39, 0.29) is 11.8 Å². The molecule has 0 aromatic heterocycles. The van der Waals surface area contributed by atoms with Gasteiger partial charge >= 0.3 is 0 Å². The van der Waals surface area contributed by atoms with E-state index in [1.165, 1.54) is 0 Å². The van der Waals surface area contributed by atoms with Gasteiger partial charge in [0.1, 0.15) is 0 Å². The summed E-state index contributed by atoms with van der Waals surface area (Å²) in [5, 5.41) is 3.54. The number of amides is 2. The van der Waals surface area contributed by atoms with Crippen molar-refractivity contribution in [2.45, 2.75) is 26.7 Å². The smallest absolute Gasteiger partial charge is 0.253 e. The molecule has 0 bridgehead atoms. The zero-order chi connectivity index (χ0) is 18.2. The minimum atomic E-state index is -0.0576. The molecule has 25 heavy (non-hydrogen) atoms. The first-order valence-corrected chi connectivity index (χ1v) is 8.85. The highest BCUT2D eigenvalue weighted by atomic mass is 35.5. The van der Waals surface area contributed by atoms with Crippen molar-refractivity contribution in [3.8, 4) is 0 Å². The highest BCUT2D eigenvalue weighted by Crippen LogP contribution is 2.14. The van der Waals surface area contributed by atoms with E-state index in [1.807, 2.05) is 38.1 Å². The number of halogens is 1. The van der Waals surface area contributed by atoms with Gasteiger partial charge < -0.3 is 10.2 Å². The molecule has 0 aliphatic rings. The van der Waals surface area contributed by atoms with Gasteiger partial charge in [0, 0.05) is 35.8 Å². The van der Waals surface area contributed by atoms with Crippen LogP contribution >= 0.6 is 11.6 Å². The Hall–Kier alpha value is -2.33. The second-order valence-corrected chi connectivity index (χ2v) is 6.17. The molecule has 0 aliphatic carbocycles. The SMILES string of the molecule is CCN(CC)C(=O)c1ccc(NC(=O)CCc2ccc(Cl)cc2)cc1. The van der Waals surface area contributed by atoms with Crippen LogP contribution in [0.5, 0.6) is 0 Å². The van der Waals surface area contributed by atoms with Crippen molar-refractivity contribution in [3.63, 3.8) is 0 Å². The molecule has 2 amide bonds. The summed E-state index contributed by atoms with van der Waals surface area (Å²) in [6.45, 7) is 5.27. The van der Waals surface area contributed by atoms with Crippen LogP contribution in [0.1, 0.15) is 36.2 Å². The van der Waals surface area contributed by atoms with Gasteiger partial charge in [-0.15, -0.1) is 0 Å². The van der Waals surface area contributed by atoms with E-state index in [2.05, 4.69) is 5.32 Å². The molecule has 2 aromatic rings. The van der Waals surface area contributed by atoms with Crippen LogP contribution in [0.15, 0.2) is 48.5 Å². The van der Waals surface area contributed by atoms with Crippen molar-refractivity contribution in [3.05, 3.63) is 64.7 Å². The third-order valence-electron chi connectivity index (χ3n) is 4.02. The Morgan fingerprint density at radius 2 is 1.56 bits per heavy atom. The van der Waals surface area contributed by atoms with Gasteiger partial charge in [-0.05, 0) is 62.2 Å². The Bertz CT molecular complexity index is 707. The first kappa shape index (κ1) is 19.0. The standard InChI is InChI=1S/C20H23ClN2O2/c1-3-23(4-2)20(25)16-8-12-18(13-9-16)22-19(24)14-7-15-5-10-17(21)11-6-15/h5-6,8-13H,3-4,7,14H2,1-2H3,(H,22,24). The number of hydrogen-bond donors (Lipinski definition) is 1. The summed E-state index contributed by atoms with van der Waals surface area (Å²) in [6, 6.07) is 14.5. The maximum atomic E-state index is 12.3. The summed E-state index contributed by atoms with van der Waals surface area (Å²) in [5.74, 6) is -0.0524. The lowest BCUT2D eigenvalue weighted by Gasteiger charge is -2.18. The molecule has 0 radical (unpaired) electrons. The third-order valence-corrected chi connectivity index (χ3v) is 4.27. The van der Waals surface area contributed by atoms with Gasteiger partial charge in [-0.3, -0.25) is 9.59 Å². The van der Waals surface area contributed by atoms with Crippen molar-refractivity contribution in [2.24, 2.45) is 0 Å². The quantitative estimate of drug-likeness (QED) is 0.797. The van der Waals surface area contributed by atoms with Gasteiger partial charge in [-0.25, -0.2) is 0 Å². The predicted molar refractivity (Wildman–Crippen MR) is 102 cm³/mol. The highest BCUT2D eigenvalue weighted by Gasteiger charge is 2.12. The lowest BCUT2D eigenvalue weighted by Crippen LogP contribution is -2.30. The molecule has 132 valence electrons. The topological polar surface area (TPSA) is 49.4 Å². The fraction of sp³-hybridized carbons (Fsp3) is 0.300. The molecule has 0 fully saturated rings. The number of carbonyl (C=O) groups excluding carboxylic acids is 2. The van der Waals surface area contributed by atoms with E-state index in [9.17, 15) is 9.59 Å². The molecule has 0 unspecified atom stereocenters. The summed E-state index contributed by atoms with van der Waals surface area (Å²) >= 11 is 5.85. The van der Waals surface area contributed by atoms with Crippen LogP contribution in [0.3, 0.4) is 0 Å². The van der Waals surface area contributed by atoms with E-state index in [4.69, 9.17) is 11.6 Å². The fourth-order valence-corrected chi connectivity index (χ4v) is 2.65. The zero-order valence-electron chi connectivity index (χ0n) is 14.6. The maximum Gasteiger partial charge on any atom is 0.253 e. The summed E-state index contributed by atoms with van der Waals surface area (Å²) < 4.78 is 0. The number of hydrogen-bond acceptors (Lipinski definition) is 2.